The average molecular weight is 208 g/mol. The zero-order valence-electron chi connectivity index (χ0n) is 8.40. The predicted octanol–water partition coefficient (Wildman–Crippen LogP) is 1.34. The van der Waals surface area contributed by atoms with Crippen molar-refractivity contribution in [2.45, 2.75) is 12.5 Å². The lowest BCUT2D eigenvalue weighted by molar-refractivity contribution is -0.385. The van der Waals surface area contributed by atoms with Crippen LogP contribution in [-0.4, -0.2) is 23.6 Å². The molecule has 1 fully saturated rings. The summed E-state index contributed by atoms with van der Waals surface area (Å²) in [6.07, 6.45) is 0. The van der Waals surface area contributed by atoms with Gasteiger partial charge in [-0.05, 0) is 13.0 Å². The van der Waals surface area contributed by atoms with Gasteiger partial charge in [-0.15, -0.1) is 0 Å². The smallest absolute Gasteiger partial charge is 0.273 e. The summed E-state index contributed by atoms with van der Waals surface area (Å²) in [5.41, 5.74) is -0.168. The van der Waals surface area contributed by atoms with E-state index in [4.69, 9.17) is 4.74 Å². The summed E-state index contributed by atoms with van der Waals surface area (Å²) in [6, 6.07) is 6.26. The minimum absolute atomic E-state index is 0.0587. The predicted molar refractivity (Wildman–Crippen MR) is 55.0 cm³/mol. The lowest BCUT2D eigenvalue weighted by atomic mass is 10.00. The molecular formula is C10H12N2O3. The van der Waals surface area contributed by atoms with Crippen LogP contribution >= 0.6 is 0 Å². The highest BCUT2D eigenvalue weighted by Crippen LogP contribution is 2.25. The molecule has 1 aliphatic rings. The molecule has 80 valence electrons. The maximum Gasteiger partial charge on any atom is 0.273 e. The van der Waals surface area contributed by atoms with Gasteiger partial charge in [-0.1, -0.05) is 6.07 Å². The first kappa shape index (κ1) is 9.92. The maximum atomic E-state index is 10.5. The van der Waals surface area contributed by atoms with Crippen LogP contribution in [-0.2, 0) is 0 Å². The SMILES string of the molecule is CC1(Oc2cccc([N+](=O)[O-])c2)CNC1. The molecule has 5 heteroatoms. The minimum Gasteiger partial charge on any atom is -0.485 e. The van der Waals surface area contributed by atoms with Crippen LogP contribution in [0.5, 0.6) is 5.75 Å². The van der Waals surface area contributed by atoms with Crippen molar-refractivity contribution in [1.82, 2.24) is 5.32 Å². The molecule has 1 saturated heterocycles. The monoisotopic (exact) mass is 208 g/mol. The molecule has 1 N–H and O–H groups in total. The maximum absolute atomic E-state index is 10.5. The number of benzene rings is 1. The number of nitro benzene ring substituents is 1. The van der Waals surface area contributed by atoms with Gasteiger partial charge in [-0.25, -0.2) is 0 Å². The van der Waals surface area contributed by atoms with Crippen LogP contribution < -0.4 is 10.1 Å². The summed E-state index contributed by atoms with van der Waals surface area (Å²) in [6.45, 7) is 3.52. The van der Waals surface area contributed by atoms with Crippen molar-refractivity contribution < 1.29 is 9.66 Å². The molecule has 0 aromatic heterocycles. The molecule has 1 aromatic carbocycles. The highest BCUT2D eigenvalue weighted by molar-refractivity contribution is 5.38. The van der Waals surface area contributed by atoms with Crippen LogP contribution in [0.25, 0.3) is 0 Å². The number of hydrogen-bond acceptors (Lipinski definition) is 4. The summed E-state index contributed by atoms with van der Waals surface area (Å²) in [7, 11) is 0. The van der Waals surface area contributed by atoms with Crippen molar-refractivity contribution in [2.75, 3.05) is 13.1 Å². The normalized spacial score (nSPS) is 17.9. The fraction of sp³-hybridized carbons (Fsp3) is 0.400. The van der Waals surface area contributed by atoms with Gasteiger partial charge in [-0.3, -0.25) is 10.1 Å². The third-order valence-corrected chi connectivity index (χ3v) is 2.39. The Balaban J connectivity index is 2.14. The summed E-state index contributed by atoms with van der Waals surface area (Å²) in [5.74, 6) is 0.549. The fourth-order valence-electron chi connectivity index (χ4n) is 1.49. The molecule has 0 saturated carbocycles. The zero-order valence-corrected chi connectivity index (χ0v) is 8.40. The van der Waals surface area contributed by atoms with Crippen molar-refractivity contribution in [3.63, 3.8) is 0 Å². The standard InChI is InChI=1S/C10H12N2O3/c1-10(6-11-7-10)15-9-4-2-3-8(5-9)12(13)14/h2-5,11H,6-7H2,1H3. The summed E-state index contributed by atoms with van der Waals surface area (Å²) < 4.78 is 5.66. The van der Waals surface area contributed by atoms with Gasteiger partial charge in [0.2, 0.25) is 0 Å². The number of nitro groups is 1. The van der Waals surface area contributed by atoms with Crippen LogP contribution in [0.4, 0.5) is 5.69 Å². The Morgan fingerprint density at radius 3 is 2.80 bits per heavy atom. The molecule has 0 bridgehead atoms. The van der Waals surface area contributed by atoms with Gasteiger partial charge < -0.3 is 10.1 Å². The number of hydrogen-bond donors (Lipinski definition) is 1. The molecular weight excluding hydrogens is 196 g/mol. The molecule has 0 unspecified atom stereocenters. The number of rotatable bonds is 3. The van der Waals surface area contributed by atoms with Crippen LogP contribution in [0.1, 0.15) is 6.92 Å². The van der Waals surface area contributed by atoms with Gasteiger partial charge in [-0.2, -0.15) is 0 Å². The summed E-state index contributed by atoms with van der Waals surface area (Å²) in [5, 5.41) is 13.6. The van der Waals surface area contributed by atoms with Gasteiger partial charge in [0.05, 0.1) is 11.0 Å². The average Bonchev–Trinajstić information content (AvgIpc) is 2.16. The summed E-state index contributed by atoms with van der Waals surface area (Å²) >= 11 is 0. The molecule has 15 heavy (non-hydrogen) atoms. The first-order chi connectivity index (χ1) is 7.09. The van der Waals surface area contributed by atoms with Crippen molar-refractivity contribution in [3.8, 4) is 5.75 Å². The van der Waals surface area contributed by atoms with E-state index < -0.39 is 4.92 Å². The Morgan fingerprint density at radius 2 is 2.27 bits per heavy atom. The Bertz CT molecular complexity index is 388. The highest BCUT2D eigenvalue weighted by Gasteiger charge is 2.33. The van der Waals surface area contributed by atoms with Gasteiger partial charge >= 0.3 is 0 Å². The number of ether oxygens (including phenoxy) is 1. The van der Waals surface area contributed by atoms with E-state index in [0.717, 1.165) is 13.1 Å². The van der Waals surface area contributed by atoms with Crippen molar-refractivity contribution in [1.29, 1.82) is 0 Å². The first-order valence-electron chi connectivity index (χ1n) is 4.73. The molecule has 1 aromatic rings. The van der Waals surface area contributed by atoms with E-state index >= 15 is 0 Å². The molecule has 0 atom stereocenters. The van der Waals surface area contributed by atoms with Gasteiger partial charge in [0.25, 0.3) is 5.69 Å². The third kappa shape index (κ3) is 2.07. The second kappa shape index (κ2) is 3.51. The molecule has 0 aliphatic carbocycles. The molecule has 2 rings (SSSR count). The summed E-state index contributed by atoms with van der Waals surface area (Å²) in [4.78, 5) is 10.1. The molecule has 0 radical (unpaired) electrons. The van der Waals surface area contributed by atoms with Gasteiger partial charge in [0.1, 0.15) is 11.4 Å². The number of nitrogens with one attached hydrogen (secondary N) is 1. The van der Waals surface area contributed by atoms with Crippen LogP contribution in [0.3, 0.4) is 0 Å². The lowest BCUT2D eigenvalue weighted by Gasteiger charge is -2.39. The topological polar surface area (TPSA) is 64.4 Å². The Hall–Kier alpha value is -1.62. The molecule has 0 amide bonds. The Kier molecular flexibility index (Phi) is 2.32. The van der Waals surface area contributed by atoms with Crippen molar-refractivity contribution in [2.24, 2.45) is 0 Å². The van der Waals surface area contributed by atoms with E-state index in [1.54, 1.807) is 12.1 Å². The van der Waals surface area contributed by atoms with Crippen LogP contribution in [0, 0.1) is 10.1 Å². The van der Waals surface area contributed by atoms with Gasteiger partial charge in [0.15, 0.2) is 0 Å². The van der Waals surface area contributed by atoms with E-state index in [0.29, 0.717) is 5.75 Å². The van der Waals surface area contributed by atoms with E-state index in [1.165, 1.54) is 12.1 Å². The van der Waals surface area contributed by atoms with E-state index in [1.807, 2.05) is 6.92 Å². The third-order valence-electron chi connectivity index (χ3n) is 2.39. The second-order valence-electron chi connectivity index (χ2n) is 3.91. The highest BCUT2D eigenvalue weighted by atomic mass is 16.6. The van der Waals surface area contributed by atoms with Crippen molar-refractivity contribution in [3.05, 3.63) is 34.4 Å². The van der Waals surface area contributed by atoms with E-state index in [-0.39, 0.29) is 11.3 Å². The van der Waals surface area contributed by atoms with Gasteiger partial charge in [0, 0.05) is 19.2 Å². The van der Waals surface area contributed by atoms with Crippen LogP contribution in [0.15, 0.2) is 24.3 Å². The first-order valence-corrected chi connectivity index (χ1v) is 4.73. The Morgan fingerprint density at radius 1 is 1.53 bits per heavy atom. The van der Waals surface area contributed by atoms with Crippen molar-refractivity contribution >= 4 is 5.69 Å². The fourth-order valence-corrected chi connectivity index (χ4v) is 1.49. The molecule has 5 nitrogen and oxygen atoms in total. The van der Waals surface area contributed by atoms with E-state index in [9.17, 15) is 10.1 Å². The molecule has 1 heterocycles. The second-order valence-corrected chi connectivity index (χ2v) is 3.91. The molecule has 1 aliphatic heterocycles. The number of non-ortho nitro benzene ring substituents is 1. The quantitative estimate of drug-likeness (QED) is 0.601. The number of nitrogens with zero attached hydrogens (tertiary/aromatic N) is 1. The van der Waals surface area contributed by atoms with Crippen LogP contribution in [0.2, 0.25) is 0 Å². The Labute approximate surface area is 87.2 Å². The largest absolute Gasteiger partial charge is 0.485 e. The van der Waals surface area contributed by atoms with E-state index in [2.05, 4.69) is 5.32 Å². The molecule has 0 spiro atoms. The minimum atomic E-state index is -0.422. The lowest BCUT2D eigenvalue weighted by Crippen LogP contribution is -2.60. The zero-order chi connectivity index (χ0) is 10.9.